The molecule has 0 unspecified atom stereocenters. The van der Waals surface area contributed by atoms with Crippen LogP contribution in [0.3, 0.4) is 0 Å². The molecule has 0 aliphatic rings. The van der Waals surface area contributed by atoms with Crippen LogP contribution in [0.4, 0.5) is 0 Å². The summed E-state index contributed by atoms with van der Waals surface area (Å²) in [5.41, 5.74) is 2.21. The van der Waals surface area contributed by atoms with Gasteiger partial charge in [0.1, 0.15) is 6.61 Å². The molecule has 1 aromatic carbocycles. The van der Waals surface area contributed by atoms with Crippen LogP contribution in [0, 0.1) is 6.92 Å². The number of hydrogen-bond acceptors (Lipinski definition) is 2. The molecule has 15 heavy (non-hydrogen) atoms. The SMILES string of the molecule is Cc1c(OCc2ccccc2)cnn1C. The highest BCUT2D eigenvalue weighted by Crippen LogP contribution is 2.16. The largest absolute Gasteiger partial charge is 0.485 e. The predicted octanol–water partition coefficient (Wildman–Crippen LogP) is 2.31. The summed E-state index contributed by atoms with van der Waals surface area (Å²) in [7, 11) is 1.91. The molecule has 1 heterocycles. The molecule has 0 saturated heterocycles. The fourth-order valence-electron chi connectivity index (χ4n) is 1.36. The zero-order valence-electron chi connectivity index (χ0n) is 8.97. The van der Waals surface area contributed by atoms with Gasteiger partial charge in [0.15, 0.2) is 5.75 Å². The lowest BCUT2D eigenvalue weighted by Crippen LogP contribution is -1.97. The maximum atomic E-state index is 5.66. The Balaban J connectivity index is 2.02. The molecule has 0 amide bonds. The van der Waals surface area contributed by atoms with Gasteiger partial charge in [0, 0.05) is 7.05 Å². The molecule has 3 nitrogen and oxygen atoms in total. The maximum absolute atomic E-state index is 5.66. The predicted molar refractivity (Wildman–Crippen MR) is 58.7 cm³/mol. The molecule has 2 aromatic rings. The summed E-state index contributed by atoms with van der Waals surface area (Å²) in [4.78, 5) is 0. The number of benzene rings is 1. The topological polar surface area (TPSA) is 27.1 Å². The molecule has 0 aliphatic carbocycles. The molecular formula is C12H14N2O. The molecule has 0 radical (unpaired) electrons. The van der Waals surface area contributed by atoms with Crippen molar-refractivity contribution in [3.05, 3.63) is 47.8 Å². The maximum Gasteiger partial charge on any atom is 0.160 e. The Hall–Kier alpha value is -1.77. The van der Waals surface area contributed by atoms with E-state index in [1.54, 1.807) is 10.9 Å². The minimum Gasteiger partial charge on any atom is -0.485 e. The normalized spacial score (nSPS) is 10.3. The van der Waals surface area contributed by atoms with E-state index < -0.39 is 0 Å². The van der Waals surface area contributed by atoms with Gasteiger partial charge in [-0.15, -0.1) is 0 Å². The summed E-state index contributed by atoms with van der Waals surface area (Å²) in [5, 5.41) is 4.12. The van der Waals surface area contributed by atoms with Gasteiger partial charge in [-0.25, -0.2) is 0 Å². The highest BCUT2D eigenvalue weighted by Gasteiger charge is 2.04. The van der Waals surface area contributed by atoms with Crippen LogP contribution < -0.4 is 4.74 Å². The van der Waals surface area contributed by atoms with Gasteiger partial charge in [-0.3, -0.25) is 4.68 Å². The van der Waals surface area contributed by atoms with Crippen LogP contribution in [0.1, 0.15) is 11.3 Å². The van der Waals surface area contributed by atoms with E-state index in [0.717, 1.165) is 11.4 Å². The number of ether oxygens (including phenoxy) is 1. The summed E-state index contributed by atoms with van der Waals surface area (Å²) < 4.78 is 7.47. The number of aryl methyl sites for hydroxylation is 1. The first-order valence-corrected chi connectivity index (χ1v) is 4.92. The molecule has 1 aromatic heterocycles. The number of nitrogens with zero attached hydrogens (tertiary/aromatic N) is 2. The van der Waals surface area contributed by atoms with E-state index in [2.05, 4.69) is 5.10 Å². The molecule has 0 N–H and O–H groups in total. The summed E-state index contributed by atoms with van der Waals surface area (Å²) >= 11 is 0. The Kier molecular flexibility index (Phi) is 2.72. The summed E-state index contributed by atoms with van der Waals surface area (Å²) in [6.45, 7) is 2.58. The van der Waals surface area contributed by atoms with Gasteiger partial charge < -0.3 is 4.74 Å². The standard InChI is InChI=1S/C12H14N2O/c1-10-12(8-13-14(10)2)15-9-11-6-4-3-5-7-11/h3-8H,9H2,1-2H3. The van der Waals surface area contributed by atoms with Crippen LogP contribution in [0.5, 0.6) is 5.75 Å². The molecule has 0 fully saturated rings. The smallest absolute Gasteiger partial charge is 0.160 e. The second kappa shape index (κ2) is 4.17. The van der Waals surface area contributed by atoms with Crippen molar-refractivity contribution in [3.8, 4) is 5.75 Å². The zero-order valence-corrected chi connectivity index (χ0v) is 8.97. The van der Waals surface area contributed by atoms with Gasteiger partial charge >= 0.3 is 0 Å². The summed E-state index contributed by atoms with van der Waals surface area (Å²) in [6.07, 6.45) is 1.75. The van der Waals surface area contributed by atoms with Crippen molar-refractivity contribution in [1.82, 2.24) is 9.78 Å². The van der Waals surface area contributed by atoms with Crippen LogP contribution in [0.25, 0.3) is 0 Å². The summed E-state index contributed by atoms with van der Waals surface area (Å²) in [6, 6.07) is 10.1. The average molecular weight is 202 g/mol. The Labute approximate surface area is 89.3 Å². The average Bonchev–Trinajstić information content (AvgIpc) is 2.59. The number of rotatable bonds is 3. The van der Waals surface area contributed by atoms with Gasteiger partial charge in [-0.2, -0.15) is 5.10 Å². The monoisotopic (exact) mass is 202 g/mol. The van der Waals surface area contributed by atoms with Gasteiger partial charge in [-0.05, 0) is 12.5 Å². The Morgan fingerprint density at radius 2 is 2.00 bits per heavy atom. The molecule has 0 spiro atoms. The van der Waals surface area contributed by atoms with Gasteiger partial charge in [0.25, 0.3) is 0 Å². The van der Waals surface area contributed by atoms with Crippen LogP contribution in [-0.4, -0.2) is 9.78 Å². The second-order valence-electron chi connectivity index (χ2n) is 3.49. The zero-order chi connectivity index (χ0) is 10.7. The highest BCUT2D eigenvalue weighted by molar-refractivity contribution is 5.24. The quantitative estimate of drug-likeness (QED) is 0.763. The van der Waals surface area contributed by atoms with Crippen LogP contribution in [-0.2, 0) is 13.7 Å². The summed E-state index contributed by atoms with van der Waals surface area (Å²) in [5.74, 6) is 0.848. The van der Waals surface area contributed by atoms with Crippen molar-refractivity contribution in [3.63, 3.8) is 0 Å². The first-order chi connectivity index (χ1) is 7.27. The third kappa shape index (κ3) is 2.18. The van der Waals surface area contributed by atoms with Crippen molar-refractivity contribution in [2.45, 2.75) is 13.5 Å². The van der Waals surface area contributed by atoms with E-state index in [-0.39, 0.29) is 0 Å². The molecule has 0 saturated carbocycles. The van der Waals surface area contributed by atoms with E-state index in [1.807, 2.05) is 44.3 Å². The fourth-order valence-corrected chi connectivity index (χ4v) is 1.36. The molecule has 0 bridgehead atoms. The van der Waals surface area contributed by atoms with Crippen molar-refractivity contribution in [2.24, 2.45) is 7.05 Å². The molecule has 0 aliphatic heterocycles. The van der Waals surface area contributed by atoms with E-state index in [0.29, 0.717) is 6.61 Å². The third-order valence-electron chi connectivity index (χ3n) is 2.43. The lowest BCUT2D eigenvalue weighted by Gasteiger charge is -2.04. The van der Waals surface area contributed by atoms with Gasteiger partial charge in [-0.1, -0.05) is 30.3 Å². The number of hydrogen-bond donors (Lipinski definition) is 0. The van der Waals surface area contributed by atoms with Gasteiger partial charge in [0.05, 0.1) is 11.9 Å². The van der Waals surface area contributed by atoms with Crippen LogP contribution in [0.15, 0.2) is 36.5 Å². The van der Waals surface area contributed by atoms with Crippen molar-refractivity contribution >= 4 is 0 Å². The van der Waals surface area contributed by atoms with Crippen molar-refractivity contribution < 1.29 is 4.74 Å². The Bertz CT molecular complexity index is 434. The molecule has 0 atom stereocenters. The van der Waals surface area contributed by atoms with Crippen LogP contribution >= 0.6 is 0 Å². The van der Waals surface area contributed by atoms with E-state index in [1.165, 1.54) is 5.56 Å². The van der Waals surface area contributed by atoms with Crippen molar-refractivity contribution in [1.29, 1.82) is 0 Å². The first kappa shape index (κ1) is 9.77. The highest BCUT2D eigenvalue weighted by atomic mass is 16.5. The first-order valence-electron chi connectivity index (χ1n) is 4.92. The molecule has 2 rings (SSSR count). The fraction of sp³-hybridized carbons (Fsp3) is 0.250. The number of aromatic nitrogens is 2. The Morgan fingerprint density at radius 3 is 2.60 bits per heavy atom. The molecular weight excluding hydrogens is 188 g/mol. The van der Waals surface area contributed by atoms with Crippen molar-refractivity contribution in [2.75, 3.05) is 0 Å². The van der Waals surface area contributed by atoms with E-state index in [4.69, 9.17) is 4.74 Å². The van der Waals surface area contributed by atoms with Crippen LogP contribution in [0.2, 0.25) is 0 Å². The lowest BCUT2D eigenvalue weighted by molar-refractivity contribution is 0.303. The minimum absolute atomic E-state index is 0.591. The Morgan fingerprint density at radius 1 is 1.27 bits per heavy atom. The molecule has 3 heteroatoms. The second-order valence-corrected chi connectivity index (χ2v) is 3.49. The lowest BCUT2D eigenvalue weighted by atomic mass is 10.2. The minimum atomic E-state index is 0.591. The van der Waals surface area contributed by atoms with E-state index in [9.17, 15) is 0 Å². The third-order valence-corrected chi connectivity index (χ3v) is 2.43. The molecule has 78 valence electrons. The van der Waals surface area contributed by atoms with E-state index >= 15 is 0 Å². The van der Waals surface area contributed by atoms with Gasteiger partial charge in [0.2, 0.25) is 0 Å².